The van der Waals surface area contributed by atoms with Gasteiger partial charge in [0, 0.05) is 12.8 Å². The molecule has 3 atom stereocenters. The van der Waals surface area contributed by atoms with Gasteiger partial charge in [-0.25, -0.2) is 4.98 Å². The van der Waals surface area contributed by atoms with Gasteiger partial charge in [-0.05, 0) is 25.7 Å². The van der Waals surface area contributed by atoms with Crippen LogP contribution in [0, 0.1) is 0 Å². The zero-order chi connectivity index (χ0) is 16.7. The first-order valence-corrected chi connectivity index (χ1v) is 8.29. The van der Waals surface area contributed by atoms with Crippen molar-refractivity contribution < 1.29 is 14.6 Å². The minimum Gasteiger partial charge on any atom is -0.394 e. The van der Waals surface area contributed by atoms with Crippen molar-refractivity contribution in [1.82, 2.24) is 19.5 Å². The van der Waals surface area contributed by atoms with Gasteiger partial charge < -0.3 is 20.3 Å². The molecule has 0 aliphatic carbocycles. The first-order valence-electron chi connectivity index (χ1n) is 8.29. The molecule has 2 aromatic heterocycles. The van der Waals surface area contributed by atoms with Crippen molar-refractivity contribution in [3.05, 3.63) is 16.7 Å². The number of nitrogen functional groups attached to an aromatic ring is 1. The number of H-pyrrole nitrogens is 1. The van der Waals surface area contributed by atoms with Gasteiger partial charge in [-0.15, -0.1) is 0 Å². The zero-order valence-corrected chi connectivity index (χ0v) is 13.3. The molecule has 2 saturated heterocycles. The van der Waals surface area contributed by atoms with Crippen molar-refractivity contribution in [1.29, 1.82) is 0 Å². The highest BCUT2D eigenvalue weighted by Gasteiger charge is 2.43. The Morgan fingerprint density at radius 1 is 1.38 bits per heavy atom. The summed E-state index contributed by atoms with van der Waals surface area (Å²) in [6.45, 7) is -0.00273. The fourth-order valence-corrected chi connectivity index (χ4v) is 3.68. The van der Waals surface area contributed by atoms with Crippen LogP contribution < -0.4 is 11.3 Å². The molecule has 2 aliphatic rings. The summed E-state index contributed by atoms with van der Waals surface area (Å²) in [5, 5.41) is 9.40. The molecule has 0 aromatic carbocycles. The van der Waals surface area contributed by atoms with E-state index in [9.17, 15) is 9.90 Å². The minimum atomic E-state index is -0.683. The smallest absolute Gasteiger partial charge is 0.280 e. The molecular weight excluding hydrogens is 314 g/mol. The number of aromatic amines is 1. The Morgan fingerprint density at radius 3 is 2.96 bits per heavy atom. The molecule has 2 fully saturated rings. The van der Waals surface area contributed by atoms with E-state index in [-0.39, 0.29) is 36.0 Å². The average molecular weight is 335 g/mol. The van der Waals surface area contributed by atoms with Gasteiger partial charge in [-0.2, -0.15) is 4.98 Å². The third-order valence-corrected chi connectivity index (χ3v) is 4.79. The van der Waals surface area contributed by atoms with E-state index in [2.05, 4.69) is 15.0 Å². The number of nitrogens with two attached hydrogens (primary N) is 1. The van der Waals surface area contributed by atoms with Crippen molar-refractivity contribution in [2.45, 2.75) is 56.6 Å². The Kier molecular flexibility index (Phi) is 3.78. The number of ether oxygens (including phenoxy) is 2. The van der Waals surface area contributed by atoms with Crippen LogP contribution in [0.5, 0.6) is 0 Å². The van der Waals surface area contributed by atoms with E-state index in [0.717, 1.165) is 38.5 Å². The highest BCUT2D eigenvalue weighted by atomic mass is 16.7. The fraction of sp³-hybridized carbons (Fsp3) is 0.667. The van der Waals surface area contributed by atoms with Crippen LogP contribution >= 0.6 is 0 Å². The summed E-state index contributed by atoms with van der Waals surface area (Å²) in [5.74, 6) is -0.633. The molecular formula is C15H21N5O4. The number of rotatable bonds is 2. The Morgan fingerprint density at radius 2 is 2.17 bits per heavy atom. The quantitative estimate of drug-likeness (QED) is 0.735. The second kappa shape index (κ2) is 5.83. The molecule has 0 bridgehead atoms. The van der Waals surface area contributed by atoms with E-state index < -0.39 is 5.79 Å². The first-order chi connectivity index (χ1) is 11.6. The predicted octanol–water partition coefficient (Wildman–Crippen LogP) is 0.659. The van der Waals surface area contributed by atoms with Crippen LogP contribution in [0.4, 0.5) is 5.95 Å². The Balaban J connectivity index is 1.66. The largest absolute Gasteiger partial charge is 0.394 e. The van der Waals surface area contributed by atoms with E-state index >= 15 is 0 Å². The number of nitrogens with zero attached hydrogens (tertiary/aromatic N) is 3. The number of hydrogen-bond donors (Lipinski definition) is 3. The Bertz CT molecular complexity index is 799. The van der Waals surface area contributed by atoms with E-state index in [1.54, 1.807) is 10.9 Å². The molecule has 2 aliphatic heterocycles. The molecule has 4 N–H and O–H groups in total. The van der Waals surface area contributed by atoms with Gasteiger partial charge in [0.25, 0.3) is 5.56 Å². The van der Waals surface area contributed by atoms with Gasteiger partial charge in [0.05, 0.1) is 19.0 Å². The summed E-state index contributed by atoms with van der Waals surface area (Å²) in [6, 6.07) is 0. The van der Waals surface area contributed by atoms with Gasteiger partial charge in [-0.1, -0.05) is 0 Å². The number of fused-ring (bicyclic) bond motifs is 1. The maximum absolute atomic E-state index is 11.9. The van der Waals surface area contributed by atoms with Crippen LogP contribution in [0.2, 0.25) is 0 Å². The molecule has 24 heavy (non-hydrogen) atoms. The van der Waals surface area contributed by atoms with E-state index in [4.69, 9.17) is 15.2 Å². The van der Waals surface area contributed by atoms with Crippen LogP contribution in [0.25, 0.3) is 11.2 Å². The Labute approximate surface area is 137 Å². The normalized spacial score (nSPS) is 30.9. The molecule has 0 radical (unpaired) electrons. The molecule has 0 unspecified atom stereocenters. The van der Waals surface area contributed by atoms with Crippen LogP contribution in [0.1, 0.15) is 44.8 Å². The number of nitrogens with one attached hydrogen (secondary N) is 1. The third kappa shape index (κ3) is 2.58. The minimum absolute atomic E-state index is 0.00273. The van der Waals surface area contributed by atoms with E-state index in [1.165, 1.54) is 0 Å². The van der Waals surface area contributed by atoms with Gasteiger partial charge >= 0.3 is 0 Å². The second-order valence-corrected chi connectivity index (χ2v) is 6.47. The lowest BCUT2D eigenvalue weighted by atomic mass is 9.94. The van der Waals surface area contributed by atoms with Crippen molar-refractivity contribution in [2.75, 3.05) is 12.3 Å². The molecule has 0 amide bonds. The lowest BCUT2D eigenvalue weighted by Crippen LogP contribution is -2.47. The zero-order valence-electron chi connectivity index (χ0n) is 13.3. The van der Waals surface area contributed by atoms with Crippen LogP contribution in [0.3, 0.4) is 0 Å². The Hall–Kier alpha value is -1.97. The lowest BCUT2D eigenvalue weighted by Gasteiger charge is -2.45. The summed E-state index contributed by atoms with van der Waals surface area (Å²) in [4.78, 5) is 22.7. The van der Waals surface area contributed by atoms with Gasteiger partial charge in [-0.3, -0.25) is 14.3 Å². The van der Waals surface area contributed by atoms with Crippen LogP contribution in [-0.2, 0) is 9.47 Å². The number of hydrogen-bond acceptors (Lipinski definition) is 7. The highest BCUT2D eigenvalue weighted by Crippen LogP contribution is 2.42. The molecule has 130 valence electrons. The monoisotopic (exact) mass is 335 g/mol. The van der Waals surface area contributed by atoms with Crippen LogP contribution in [-0.4, -0.2) is 43.1 Å². The van der Waals surface area contributed by atoms with Gasteiger partial charge in [0.15, 0.2) is 17.0 Å². The van der Waals surface area contributed by atoms with E-state index in [0.29, 0.717) is 5.65 Å². The molecule has 0 saturated carbocycles. The number of anilines is 1. The number of imidazole rings is 1. The molecule has 4 rings (SSSR count). The predicted molar refractivity (Wildman–Crippen MR) is 85.1 cm³/mol. The third-order valence-electron chi connectivity index (χ3n) is 4.79. The molecule has 2 aromatic rings. The molecule has 4 heterocycles. The maximum Gasteiger partial charge on any atom is 0.280 e. The molecule has 9 nitrogen and oxygen atoms in total. The van der Waals surface area contributed by atoms with Crippen molar-refractivity contribution in [3.8, 4) is 0 Å². The van der Waals surface area contributed by atoms with Crippen LogP contribution in [0.15, 0.2) is 11.1 Å². The number of aliphatic hydroxyl groups excluding tert-OH is 1. The van der Waals surface area contributed by atoms with Crippen molar-refractivity contribution in [2.24, 2.45) is 0 Å². The summed E-state index contributed by atoms with van der Waals surface area (Å²) < 4.78 is 14.1. The molecule has 1 spiro atoms. The van der Waals surface area contributed by atoms with Crippen molar-refractivity contribution >= 4 is 17.1 Å². The second-order valence-electron chi connectivity index (χ2n) is 6.47. The standard InChI is InChI=1S/C15H21N5O4/c16-14-18-12-11(13(22)19-14)17-8-20(12)10-4-2-6-15(24-10)5-1-3-9(7-21)23-15/h8-10,21H,1-7H2,(H3,16,18,19,22)/t9-,10-,15-/m0/s1. The summed E-state index contributed by atoms with van der Waals surface area (Å²) >= 11 is 0. The lowest BCUT2D eigenvalue weighted by molar-refractivity contribution is -0.330. The maximum atomic E-state index is 11.9. The number of aliphatic hydroxyl groups is 1. The number of aromatic nitrogens is 4. The molecule has 9 heteroatoms. The average Bonchev–Trinajstić information content (AvgIpc) is 2.99. The highest BCUT2D eigenvalue weighted by molar-refractivity contribution is 5.70. The van der Waals surface area contributed by atoms with Gasteiger partial charge in [0.1, 0.15) is 6.23 Å². The van der Waals surface area contributed by atoms with Gasteiger partial charge in [0.2, 0.25) is 5.95 Å². The SMILES string of the molecule is Nc1nc2c(ncn2[C@@H]2CCC[C@]3(CCC[C@@H](CO)O3)O2)c(=O)[nH]1. The summed E-state index contributed by atoms with van der Waals surface area (Å²) in [5.41, 5.74) is 5.94. The van der Waals surface area contributed by atoms with Crippen molar-refractivity contribution in [3.63, 3.8) is 0 Å². The summed E-state index contributed by atoms with van der Waals surface area (Å²) in [6.07, 6.45) is 6.12. The van der Waals surface area contributed by atoms with E-state index in [1.807, 2.05) is 0 Å². The summed E-state index contributed by atoms with van der Waals surface area (Å²) in [7, 11) is 0. The topological polar surface area (TPSA) is 128 Å². The first kappa shape index (κ1) is 15.6. The fourth-order valence-electron chi connectivity index (χ4n) is 3.68.